The maximum Gasteiger partial charge on any atom is 0.404 e. The molecule has 0 radical (unpaired) electrons. The van der Waals surface area contributed by atoms with Gasteiger partial charge in [0.05, 0.1) is 17.6 Å². The summed E-state index contributed by atoms with van der Waals surface area (Å²) < 4.78 is 10.0. The summed E-state index contributed by atoms with van der Waals surface area (Å²) in [6.45, 7) is 0. The average molecular weight is 352 g/mol. The highest BCUT2D eigenvalue weighted by atomic mass is 16.6. The van der Waals surface area contributed by atoms with Crippen LogP contribution < -0.4 is 15.8 Å². The molecule has 0 heterocycles. The smallest absolute Gasteiger partial charge is 0.404 e. The van der Waals surface area contributed by atoms with Crippen molar-refractivity contribution in [2.75, 3.05) is 26.5 Å². The van der Waals surface area contributed by atoms with Crippen molar-refractivity contribution >= 4 is 23.4 Å². The van der Waals surface area contributed by atoms with E-state index < -0.39 is 11.0 Å². The highest BCUT2D eigenvalue weighted by Gasteiger charge is 2.37. The molecule has 1 fully saturated rings. The molecule has 10 nitrogen and oxygen atoms in total. The highest BCUT2D eigenvalue weighted by molar-refractivity contribution is 5.97. The van der Waals surface area contributed by atoms with E-state index in [2.05, 4.69) is 5.32 Å². The third-order valence-electron chi connectivity index (χ3n) is 4.22. The Labute approximate surface area is 144 Å². The molecule has 1 saturated carbocycles. The van der Waals surface area contributed by atoms with Gasteiger partial charge in [0, 0.05) is 39.0 Å². The molecule has 1 aliphatic carbocycles. The van der Waals surface area contributed by atoms with E-state index in [1.165, 1.54) is 31.2 Å². The first-order valence-electron chi connectivity index (χ1n) is 7.55. The van der Waals surface area contributed by atoms with Crippen molar-refractivity contribution in [1.29, 1.82) is 0 Å². The lowest BCUT2D eigenvalue weighted by Crippen LogP contribution is -2.49. The first kappa shape index (κ1) is 18.3. The van der Waals surface area contributed by atoms with Crippen molar-refractivity contribution in [1.82, 2.24) is 4.90 Å². The van der Waals surface area contributed by atoms with Crippen molar-refractivity contribution in [3.63, 3.8) is 0 Å². The fourth-order valence-electron chi connectivity index (χ4n) is 2.76. The predicted molar refractivity (Wildman–Crippen MR) is 88.8 cm³/mol. The van der Waals surface area contributed by atoms with Crippen molar-refractivity contribution in [3.8, 4) is 5.75 Å². The van der Waals surface area contributed by atoms with E-state index >= 15 is 0 Å². The van der Waals surface area contributed by atoms with Crippen LogP contribution in [0.3, 0.4) is 0 Å². The maximum absolute atomic E-state index is 12.6. The number of carbonyl (C=O) groups is 2. The first-order chi connectivity index (χ1) is 11.8. The second-order valence-corrected chi connectivity index (χ2v) is 5.68. The molecule has 136 valence electrons. The van der Waals surface area contributed by atoms with Gasteiger partial charge in [-0.25, -0.2) is 4.79 Å². The third kappa shape index (κ3) is 3.73. The Bertz CT molecular complexity index is 702. The number of benzene rings is 1. The van der Waals surface area contributed by atoms with Crippen LogP contribution in [-0.4, -0.2) is 55.2 Å². The number of methoxy groups -OCH3 is 1. The SMILES string of the molecule is CNc1c(OC)cc(C(=O)N(C)C2CC(OC(N)=O)C2)cc1[N+](=O)[O-]. The van der Waals surface area contributed by atoms with Gasteiger partial charge in [0.2, 0.25) is 0 Å². The number of nitro groups is 1. The summed E-state index contributed by atoms with van der Waals surface area (Å²) in [5.41, 5.74) is 5.05. The van der Waals surface area contributed by atoms with Gasteiger partial charge in [0.1, 0.15) is 11.9 Å². The number of nitrogens with two attached hydrogens (primary N) is 1. The summed E-state index contributed by atoms with van der Waals surface area (Å²) in [6, 6.07) is 2.53. The summed E-state index contributed by atoms with van der Waals surface area (Å²) in [4.78, 5) is 35.5. The standard InChI is InChI=1S/C15H20N4O6/c1-17-13-11(19(22)23)4-8(5-12(13)24-3)14(20)18(2)9-6-10(7-9)25-15(16)21/h4-5,9-10,17H,6-7H2,1-3H3,(H2,16,21). The van der Waals surface area contributed by atoms with Gasteiger partial charge in [-0.05, 0) is 6.07 Å². The number of nitrogens with zero attached hydrogens (tertiary/aromatic N) is 2. The molecule has 0 bridgehead atoms. The Balaban J connectivity index is 2.20. The van der Waals surface area contributed by atoms with Gasteiger partial charge in [0.15, 0.2) is 5.69 Å². The quantitative estimate of drug-likeness (QED) is 0.582. The highest BCUT2D eigenvalue weighted by Crippen LogP contribution is 2.36. The van der Waals surface area contributed by atoms with E-state index in [0.717, 1.165) is 0 Å². The van der Waals surface area contributed by atoms with Crippen LogP contribution in [0.2, 0.25) is 0 Å². The molecule has 10 heteroatoms. The minimum atomic E-state index is -0.847. The Kier molecular flexibility index (Phi) is 5.30. The molecule has 0 aromatic heterocycles. The molecule has 0 aliphatic heterocycles. The lowest BCUT2D eigenvalue weighted by atomic mass is 9.87. The zero-order valence-electron chi connectivity index (χ0n) is 14.1. The van der Waals surface area contributed by atoms with Crippen LogP contribution >= 0.6 is 0 Å². The molecule has 2 rings (SSSR count). The summed E-state index contributed by atoms with van der Waals surface area (Å²) in [5, 5.41) is 14.0. The fourth-order valence-corrected chi connectivity index (χ4v) is 2.76. The van der Waals surface area contributed by atoms with Crippen molar-refractivity contribution in [2.24, 2.45) is 5.73 Å². The van der Waals surface area contributed by atoms with Gasteiger partial charge in [-0.1, -0.05) is 0 Å². The van der Waals surface area contributed by atoms with Crippen LogP contribution in [0.15, 0.2) is 12.1 Å². The lowest BCUT2D eigenvalue weighted by Gasteiger charge is -2.40. The van der Waals surface area contributed by atoms with Crippen molar-refractivity contribution < 1.29 is 24.0 Å². The minimum absolute atomic E-state index is 0.133. The molecule has 0 atom stereocenters. The number of nitro benzene ring substituents is 1. The maximum atomic E-state index is 12.6. The molecule has 1 aromatic carbocycles. The van der Waals surface area contributed by atoms with Crippen LogP contribution in [0.4, 0.5) is 16.2 Å². The number of anilines is 1. The molecule has 1 aliphatic rings. The number of rotatable bonds is 6. The van der Waals surface area contributed by atoms with Gasteiger partial charge in [0.25, 0.3) is 11.6 Å². The number of amides is 2. The molecule has 0 saturated heterocycles. The van der Waals surface area contributed by atoms with Crippen LogP contribution in [0.1, 0.15) is 23.2 Å². The number of hydrogen-bond donors (Lipinski definition) is 2. The Morgan fingerprint density at radius 2 is 2.04 bits per heavy atom. The molecule has 0 spiro atoms. The van der Waals surface area contributed by atoms with E-state index in [1.54, 1.807) is 7.05 Å². The van der Waals surface area contributed by atoms with Gasteiger partial charge in [-0.2, -0.15) is 0 Å². The summed E-state index contributed by atoms with van der Waals surface area (Å²) in [7, 11) is 4.50. The normalized spacial score (nSPS) is 18.7. The Morgan fingerprint density at radius 1 is 1.40 bits per heavy atom. The number of primary amides is 1. The second kappa shape index (κ2) is 7.24. The largest absolute Gasteiger partial charge is 0.494 e. The zero-order chi connectivity index (χ0) is 18.7. The van der Waals surface area contributed by atoms with Gasteiger partial charge in [-0.3, -0.25) is 14.9 Å². The number of hydrogen-bond acceptors (Lipinski definition) is 7. The van der Waals surface area contributed by atoms with Crippen LogP contribution in [-0.2, 0) is 4.74 Å². The fraction of sp³-hybridized carbons (Fsp3) is 0.467. The molecule has 2 amide bonds. The molecule has 0 unspecified atom stereocenters. The Morgan fingerprint density at radius 3 is 2.52 bits per heavy atom. The van der Waals surface area contributed by atoms with Crippen LogP contribution in [0.25, 0.3) is 0 Å². The molecular weight excluding hydrogens is 332 g/mol. The van der Waals surface area contributed by atoms with Crippen molar-refractivity contribution in [2.45, 2.75) is 25.0 Å². The number of carbonyl (C=O) groups excluding carboxylic acids is 2. The second-order valence-electron chi connectivity index (χ2n) is 5.68. The number of nitrogens with one attached hydrogen (secondary N) is 1. The first-order valence-corrected chi connectivity index (χ1v) is 7.55. The van der Waals surface area contributed by atoms with Crippen molar-refractivity contribution in [3.05, 3.63) is 27.8 Å². The summed E-state index contributed by atoms with van der Waals surface area (Å²) in [5.74, 6) is -0.177. The van der Waals surface area contributed by atoms with Gasteiger partial charge < -0.3 is 25.4 Å². The molecule has 3 N–H and O–H groups in total. The number of ether oxygens (including phenoxy) is 2. The molecule has 25 heavy (non-hydrogen) atoms. The van der Waals surface area contributed by atoms with Crippen LogP contribution in [0, 0.1) is 10.1 Å². The van der Waals surface area contributed by atoms with Crippen LogP contribution in [0.5, 0.6) is 5.75 Å². The summed E-state index contributed by atoms with van der Waals surface area (Å²) in [6.07, 6.45) is -0.216. The minimum Gasteiger partial charge on any atom is -0.494 e. The third-order valence-corrected chi connectivity index (χ3v) is 4.22. The van der Waals surface area contributed by atoms with E-state index in [9.17, 15) is 19.7 Å². The molecule has 1 aromatic rings. The molecular formula is C15H20N4O6. The summed E-state index contributed by atoms with van der Waals surface area (Å²) >= 11 is 0. The monoisotopic (exact) mass is 352 g/mol. The average Bonchev–Trinajstić information content (AvgIpc) is 2.54. The Hall–Kier alpha value is -3.04. The van der Waals surface area contributed by atoms with E-state index in [-0.39, 0.29) is 40.7 Å². The zero-order valence-corrected chi connectivity index (χ0v) is 14.1. The predicted octanol–water partition coefficient (Wildman–Crippen LogP) is 1.34. The van der Waals surface area contributed by atoms with E-state index in [0.29, 0.717) is 12.8 Å². The van der Waals surface area contributed by atoms with Gasteiger partial charge in [-0.15, -0.1) is 0 Å². The van der Waals surface area contributed by atoms with E-state index in [1.807, 2.05) is 0 Å². The van der Waals surface area contributed by atoms with E-state index in [4.69, 9.17) is 15.2 Å². The van der Waals surface area contributed by atoms with Gasteiger partial charge >= 0.3 is 6.09 Å². The topological polar surface area (TPSA) is 137 Å². The lowest BCUT2D eigenvalue weighted by molar-refractivity contribution is -0.384.